The zero-order valence-electron chi connectivity index (χ0n) is 12.9. The maximum atomic E-state index is 11.6. The molecule has 1 rings (SSSR count). The lowest BCUT2D eigenvalue weighted by atomic mass is 10.1. The average Bonchev–Trinajstić information content (AvgIpc) is 2.43. The molecule has 0 aliphatic carbocycles. The molecule has 0 fully saturated rings. The summed E-state index contributed by atoms with van der Waals surface area (Å²) < 4.78 is 10.4. The molecule has 0 heterocycles. The quantitative estimate of drug-likeness (QED) is 0.746. The van der Waals surface area contributed by atoms with Crippen LogP contribution in [0.1, 0.15) is 30.9 Å². The van der Waals surface area contributed by atoms with Gasteiger partial charge in [-0.15, -0.1) is 0 Å². The topological polar surface area (TPSA) is 64.6 Å². The molecule has 0 saturated heterocycles. The number of hydrogen-bond acceptors (Lipinski definition) is 4. The van der Waals surface area contributed by atoms with Gasteiger partial charge in [0.15, 0.2) is 0 Å². The predicted octanol–water partition coefficient (Wildman–Crippen LogP) is 2.14. The van der Waals surface area contributed by atoms with E-state index in [0.717, 1.165) is 16.9 Å². The van der Waals surface area contributed by atoms with E-state index in [-0.39, 0.29) is 24.7 Å². The summed E-state index contributed by atoms with van der Waals surface area (Å²) in [6.45, 7) is 6.68. The number of hydrogen-bond donors (Lipinski definition) is 1. The Balaban J connectivity index is 2.21. The molecule has 0 aliphatic rings. The first-order valence-corrected chi connectivity index (χ1v) is 7.15. The van der Waals surface area contributed by atoms with Crippen LogP contribution in [0, 0.1) is 13.8 Å². The molecule has 5 heteroatoms. The highest BCUT2D eigenvalue weighted by molar-refractivity contribution is 5.77. The number of amides is 1. The third-order valence-corrected chi connectivity index (χ3v) is 2.89. The number of benzene rings is 1. The van der Waals surface area contributed by atoms with Gasteiger partial charge in [-0.05, 0) is 38.0 Å². The summed E-state index contributed by atoms with van der Waals surface area (Å²) in [6.07, 6.45) is 0.452. The molecule has 116 valence electrons. The summed E-state index contributed by atoms with van der Waals surface area (Å²) in [5, 5.41) is 2.66. The smallest absolute Gasteiger partial charge is 0.307 e. The third kappa shape index (κ3) is 6.79. The molecular formula is C16H23NO4. The van der Waals surface area contributed by atoms with Crippen LogP contribution >= 0.6 is 0 Å². The molecule has 0 spiro atoms. The van der Waals surface area contributed by atoms with Crippen molar-refractivity contribution < 1.29 is 19.1 Å². The van der Waals surface area contributed by atoms with Gasteiger partial charge in [0.1, 0.15) is 5.75 Å². The Kier molecular flexibility index (Phi) is 7.29. The molecule has 1 amide bonds. The van der Waals surface area contributed by atoms with E-state index in [1.807, 2.05) is 32.0 Å². The number of nitrogens with one attached hydrogen (secondary N) is 1. The van der Waals surface area contributed by atoms with Gasteiger partial charge in [0.2, 0.25) is 5.91 Å². The summed E-state index contributed by atoms with van der Waals surface area (Å²) in [5.41, 5.74) is 2.16. The number of aryl methyl sites for hydroxylation is 2. The van der Waals surface area contributed by atoms with Gasteiger partial charge in [-0.25, -0.2) is 0 Å². The number of carbonyl (C=O) groups excluding carboxylic acids is 2. The first kappa shape index (κ1) is 17.0. The maximum Gasteiger partial charge on any atom is 0.307 e. The second kappa shape index (κ2) is 9.00. The molecule has 0 radical (unpaired) electrons. The molecular weight excluding hydrogens is 270 g/mol. The number of ether oxygens (including phenoxy) is 2. The zero-order valence-corrected chi connectivity index (χ0v) is 12.9. The van der Waals surface area contributed by atoms with Crippen LogP contribution in [0.4, 0.5) is 0 Å². The molecule has 0 bridgehead atoms. The van der Waals surface area contributed by atoms with Crippen molar-refractivity contribution in [3.8, 4) is 5.75 Å². The highest BCUT2D eigenvalue weighted by Crippen LogP contribution is 2.19. The summed E-state index contributed by atoms with van der Waals surface area (Å²) in [4.78, 5) is 22.7. The number of rotatable bonds is 8. The van der Waals surface area contributed by atoms with Crippen LogP contribution in [0.5, 0.6) is 5.75 Å². The largest absolute Gasteiger partial charge is 0.493 e. The van der Waals surface area contributed by atoms with Crippen LogP contribution in [-0.2, 0) is 14.3 Å². The van der Waals surface area contributed by atoms with E-state index in [0.29, 0.717) is 19.8 Å². The van der Waals surface area contributed by atoms with Gasteiger partial charge >= 0.3 is 5.97 Å². The summed E-state index contributed by atoms with van der Waals surface area (Å²) >= 11 is 0. The van der Waals surface area contributed by atoms with Gasteiger partial charge in [0.05, 0.1) is 26.1 Å². The molecule has 0 saturated carbocycles. The molecule has 1 aromatic rings. The molecule has 21 heavy (non-hydrogen) atoms. The van der Waals surface area contributed by atoms with E-state index in [4.69, 9.17) is 9.47 Å². The second-order valence-corrected chi connectivity index (χ2v) is 4.77. The number of esters is 1. The second-order valence-electron chi connectivity index (χ2n) is 4.77. The minimum Gasteiger partial charge on any atom is -0.493 e. The molecule has 0 aliphatic heterocycles. The molecule has 1 aromatic carbocycles. The van der Waals surface area contributed by atoms with Crippen LogP contribution < -0.4 is 10.1 Å². The van der Waals surface area contributed by atoms with Crippen LogP contribution in [0.15, 0.2) is 18.2 Å². The Hall–Kier alpha value is -2.04. The Labute approximate surface area is 125 Å². The highest BCUT2D eigenvalue weighted by Gasteiger charge is 2.06. The fraction of sp³-hybridized carbons (Fsp3) is 0.500. The first-order chi connectivity index (χ1) is 10.0. The minimum absolute atomic E-state index is 0.135. The van der Waals surface area contributed by atoms with Crippen LogP contribution in [-0.4, -0.2) is 31.6 Å². The van der Waals surface area contributed by atoms with E-state index >= 15 is 0 Å². The Bertz CT molecular complexity index is 485. The summed E-state index contributed by atoms with van der Waals surface area (Å²) in [6, 6.07) is 5.96. The molecule has 1 N–H and O–H groups in total. The lowest BCUT2D eigenvalue weighted by Gasteiger charge is -2.10. The maximum absolute atomic E-state index is 11.6. The van der Waals surface area contributed by atoms with Crippen LogP contribution in [0.2, 0.25) is 0 Å². The highest BCUT2D eigenvalue weighted by atomic mass is 16.5. The van der Waals surface area contributed by atoms with Crippen molar-refractivity contribution in [1.29, 1.82) is 0 Å². The lowest BCUT2D eigenvalue weighted by Crippen LogP contribution is -2.27. The first-order valence-electron chi connectivity index (χ1n) is 7.15. The van der Waals surface area contributed by atoms with E-state index in [9.17, 15) is 9.59 Å². The third-order valence-electron chi connectivity index (χ3n) is 2.89. The monoisotopic (exact) mass is 293 g/mol. The Morgan fingerprint density at radius 3 is 2.67 bits per heavy atom. The molecule has 0 atom stereocenters. The van der Waals surface area contributed by atoms with Crippen molar-refractivity contribution in [2.24, 2.45) is 0 Å². The van der Waals surface area contributed by atoms with Crippen molar-refractivity contribution in [2.45, 2.75) is 33.6 Å². The molecule has 5 nitrogen and oxygen atoms in total. The van der Waals surface area contributed by atoms with E-state index in [1.165, 1.54) is 0 Å². The van der Waals surface area contributed by atoms with Crippen molar-refractivity contribution in [2.75, 3.05) is 19.8 Å². The van der Waals surface area contributed by atoms with Gasteiger partial charge in [0.25, 0.3) is 0 Å². The lowest BCUT2D eigenvalue weighted by molar-refractivity contribution is -0.143. The normalized spacial score (nSPS) is 10.0. The average molecular weight is 293 g/mol. The van der Waals surface area contributed by atoms with Crippen LogP contribution in [0.3, 0.4) is 0 Å². The summed E-state index contributed by atoms with van der Waals surface area (Å²) in [7, 11) is 0. The van der Waals surface area contributed by atoms with Gasteiger partial charge in [-0.1, -0.05) is 12.1 Å². The Morgan fingerprint density at radius 2 is 1.95 bits per heavy atom. The molecule has 0 unspecified atom stereocenters. The van der Waals surface area contributed by atoms with Crippen molar-refractivity contribution in [3.63, 3.8) is 0 Å². The SMILES string of the molecule is CCOC(=O)CCNC(=O)CCOc1cc(C)ccc1C. The Morgan fingerprint density at radius 1 is 1.19 bits per heavy atom. The van der Waals surface area contributed by atoms with E-state index in [1.54, 1.807) is 6.92 Å². The standard InChI is InChI=1S/C16H23NO4/c1-4-20-16(19)7-9-17-15(18)8-10-21-14-11-12(2)5-6-13(14)3/h5-6,11H,4,7-10H2,1-3H3,(H,17,18). The van der Waals surface area contributed by atoms with Crippen molar-refractivity contribution >= 4 is 11.9 Å². The van der Waals surface area contributed by atoms with E-state index in [2.05, 4.69) is 5.32 Å². The van der Waals surface area contributed by atoms with Gasteiger partial charge in [-0.3, -0.25) is 9.59 Å². The zero-order chi connectivity index (χ0) is 15.7. The van der Waals surface area contributed by atoms with Gasteiger partial charge in [-0.2, -0.15) is 0 Å². The summed E-state index contributed by atoms with van der Waals surface area (Å²) in [5.74, 6) is 0.364. The van der Waals surface area contributed by atoms with E-state index < -0.39 is 0 Å². The predicted molar refractivity (Wildman–Crippen MR) is 80.3 cm³/mol. The van der Waals surface area contributed by atoms with Gasteiger partial charge in [0, 0.05) is 6.54 Å². The van der Waals surface area contributed by atoms with Crippen LogP contribution in [0.25, 0.3) is 0 Å². The van der Waals surface area contributed by atoms with Gasteiger partial charge < -0.3 is 14.8 Å². The van der Waals surface area contributed by atoms with Crippen molar-refractivity contribution in [3.05, 3.63) is 29.3 Å². The van der Waals surface area contributed by atoms with Crippen molar-refractivity contribution in [1.82, 2.24) is 5.32 Å². The fourth-order valence-corrected chi connectivity index (χ4v) is 1.74. The fourth-order valence-electron chi connectivity index (χ4n) is 1.74. The molecule has 0 aromatic heterocycles. The number of carbonyl (C=O) groups is 2. The minimum atomic E-state index is -0.301.